The van der Waals surface area contributed by atoms with Gasteiger partial charge in [-0.1, -0.05) is 25.4 Å². The molecule has 0 saturated heterocycles. The second-order valence-electron chi connectivity index (χ2n) is 3.80. The Labute approximate surface area is 102 Å². The summed E-state index contributed by atoms with van der Waals surface area (Å²) in [6.45, 7) is 3.91. The van der Waals surface area contributed by atoms with Gasteiger partial charge in [0.05, 0.1) is 10.0 Å². The Balaban J connectivity index is 3.08. The molecule has 0 spiro atoms. The van der Waals surface area contributed by atoms with Crippen molar-refractivity contribution in [1.82, 2.24) is 0 Å². The number of phenolic OH excluding ortho intramolecular Hbond substituents is 1. The molecule has 0 atom stereocenters. The third-order valence-corrected chi connectivity index (χ3v) is 2.74. The van der Waals surface area contributed by atoms with Gasteiger partial charge < -0.3 is 5.11 Å². The minimum absolute atomic E-state index is 0.0370. The van der Waals surface area contributed by atoms with Gasteiger partial charge in [-0.2, -0.15) is 0 Å². The van der Waals surface area contributed by atoms with Crippen molar-refractivity contribution in [3.05, 3.63) is 27.2 Å². The van der Waals surface area contributed by atoms with E-state index in [1.54, 1.807) is 6.07 Å². The Hall–Kier alpha value is -0.540. The largest absolute Gasteiger partial charge is 0.506 e. The van der Waals surface area contributed by atoms with Crippen LogP contribution in [0.15, 0.2) is 16.6 Å². The standard InChI is InChI=1S/C11H12BrClO2/c1-6(2)3-10(14)8-4-7(13)5-9(12)11(8)15/h4-6,15H,3H2,1-2H3. The van der Waals surface area contributed by atoms with Gasteiger partial charge in [0.1, 0.15) is 5.75 Å². The van der Waals surface area contributed by atoms with Crippen LogP contribution in [0.1, 0.15) is 30.6 Å². The molecule has 0 amide bonds. The molecule has 0 aliphatic rings. The Morgan fingerprint density at radius 1 is 1.53 bits per heavy atom. The molecule has 0 saturated carbocycles. The summed E-state index contributed by atoms with van der Waals surface area (Å²) in [5, 5.41) is 10.1. The predicted molar refractivity (Wildman–Crippen MR) is 64.6 cm³/mol. The number of aromatic hydroxyl groups is 1. The first kappa shape index (κ1) is 12.5. The van der Waals surface area contributed by atoms with Gasteiger partial charge in [0.2, 0.25) is 0 Å². The summed E-state index contributed by atoms with van der Waals surface area (Å²) in [5.41, 5.74) is 0.281. The summed E-state index contributed by atoms with van der Waals surface area (Å²) >= 11 is 8.95. The zero-order chi connectivity index (χ0) is 11.6. The van der Waals surface area contributed by atoms with Crippen LogP contribution in [0.3, 0.4) is 0 Å². The van der Waals surface area contributed by atoms with Crippen LogP contribution < -0.4 is 0 Å². The van der Waals surface area contributed by atoms with E-state index in [1.807, 2.05) is 13.8 Å². The zero-order valence-electron chi connectivity index (χ0n) is 8.55. The second kappa shape index (κ2) is 4.99. The molecule has 0 fully saturated rings. The van der Waals surface area contributed by atoms with Gasteiger partial charge in [0.15, 0.2) is 5.78 Å². The molecule has 0 aliphatic carbocycles. The van der Waals surface area contributed by atoms with Crippen molar-refractivity contribution < 1.29 is 9.90 Å². The first-order valence-electron chi connectivity index (χ1n) is 4.63. The molecule has 1 rings (SSSR count). The van der Waals surface area contributed by atoms with Crippen LogP contribution in [-0.4, -0.2) is 10.9 Å². The maximum Gasteiger partial charge on any atom is 0.166 e. The Morgan fingerprint density at radius 2 is 2.13 bits per heavy atom. The second-order valence-corrected chi connectivity index (χ2v) is 5.10. The first-order chi connectivity index (χ1) is 6.91. The lowest BCUT2D eigenvalue weighted by Crippen LogP contribution is -2.04. The van der Waals surface area contributed by atoms with E-state index in [4.69, 9.17) is 11.6 Å². The molecule has 1 aromatic carbocycles. The van der Waals surface area contributed by atoms with E-state index in [-0.39, 0.29) is 23.0 Å². The van der Waals surface area contributed by atoms with Crippen LogP contribution in [0, 0.1) is 5.92 Å². The summed E-state index contributed by atoms with van der Waals surface area (Å²) in [4.78, 5) is 11.7. The van der Waals surface area contributed by atoms with Crippen LogP contribution >= 0.6 is 27.5 Å². The van der Waals surface area contributed by atoms with E-state index in [9.17, 15) is 9.90 Å². The highest BCUT2D eigenvalue weighted by atomic mass is 79.9. The molecule has 15 heavy (non-hydrogen) atoms. The van der Waals surface area contributed by atoms with Crippen molar-refractivity contribution in [1.29, 1.82) is 0 Å². The number of carbonyl (C=O) groups is 1. The van der Waals surface area contributed by atoms with Crippen molar-refractivity contribution >= 4 is 33.3 Å². The average Bonchev–Trinajstić information content (AvgIpc) is 2.09. The maximum atomic E-state index is 11.7. The molecule has 0 aromatic heterocycles. The predicted octanol–water partition coefficient (Wildman–Crippen LogP) is 4.04. The van der Waals surface area contributed by atoms with E-state index in [2.05, 4.69) is 15.9 Å². The van der Waals surface area contributed by atoms with Crippen molar-refractivity contribution in [3.8, 4) is 5.75 Å². The van der Waals surface area contributed by atoms with Gasteiger partial charge in [-0.05, 0) is 34.0 Å². The smallest absolute Gasteiger partial charge is 0.166 e. The third-order valence-electron chi connectivity index (χ3n) is 1.92. The summed E-state index contributed by atoms with van der Waals surface area (Å²) in [5.74, 6) is 0.130. The molecule has 4 heteroatoms. The SMILES string of the molecule is CC(C)CC(=O)c1cc(Cl)cc(Br)c1O. The van der Waals surface area contributed by atoms with E-state index >= 15 is 0 Å². The van der Waals surface area contributed by atoms with Gasteiger partial charge in [-0.25, -0.2) is 0 Å². The van der Waals surface area contributed by atoms with Crippen LogP contribution in [0.2, 0.25) is 5.02 Å². The van der Waals surface area contributed by atoms with Gasteiger partial charge >= 0.3 is 0 Å². The summed E-state index contributed by atoms with van der Waals surface area (Å²) in [6.07, 6.45) is 0.403. The van der Waals surface area contributed by atoms with E-state index < -0.39 is 0 Å². The average molecular weight is 292 g/mol. The molecule has 0 unspecified atom stereocenters. The van der Waals surface area contributed by atoms with Crippen molar-refractivity contribution in [3.63, 3.8) is 0 Å². The molecule has 1 aromatic rings. The molecule has 1 N–H and O–H groups in total. The molecule has 0 heterocycles. The summed E-state index contributed by atoms with van der Waals surface area (Å²) in [7, 11) is 0. The van der Waals surface area contributed by atoms with Crippen molar-refractivity contribution in [2.24, 2.45) is 5.92 Å². The Morgan fingerprint density at radius 3 is 2.67 bits per heavy atom. The number of Topliss-reactive ketones (excluding diaryl/α,β-unsaturated/α-hetero) is 1. The number of rotatable bonds is 3. The normalized spacial score (nSPS) is 10.7. The lowest BCUT2D eigenvalue weighted by molar-refractivity contribution is 0.0965. The zero-order valence-corrected chi connectivity index (χ0v) is 10.9. The van der Waals surface area contributed by atoms with Gasteiger partial charge in [0, 0.05) is 11.4 Å². The number of phenols is 1. The molecule has 0 aliphatic heterocycles. The van der Waals surface area contributed by atoms with Crippen molar-refractivity contribution in [2.45, 2.75) is 20.3 Å². The fourth-order valence-electron chi connectivity index (χ4n) is 1.26. The highest BCUT2D eigenvalue weighted by molar-refractivity contribution is 9.10. The van der Waals surface area contributed by atoms with Gasteiger partial charge in [-0.3, -0.25) is 4.79 Å². The lowest BCUT2D eigenvalue weighted by Gasteiger charge is -2.08. The maximum absolute atomic E-state index is 11.7. The van der Waals surface area contributed by atoms with E-state index in [0.717, 1.165) is 0 Å². The highest BCUT2D eigenvalue weighted by Gasteiger charge is 2.15. The van der Waals surface area contributed by atoms with Crippen molar-refractivity contribution in [2.75, 3.05) is 0 Å². The number of carbonyl (C=O) groups excluding carboxylic acids is 1. The Bertz CT molecular complexity index is 388. The van der Waals surface area contributed by atoms with Gasteiger partial charge in [-0.15, -0.1) is 0 Å². The fraction of sp³-hybridized carbons (Fsp3) is 0.364. The quantitative estimate of drug-likeness (QED) is 0.854. The number of hydrogen-bond acceptors (Lipinski definition) is 2. The Kier molecular flexibility index (Phi) is 4.17. The van der Waals surface area contributed by atoms with Crippen LogP contribution in [0.5, 0.6) is 5.75 Å². The highest BCUT2D eigenvalue weighted by Crippen LogP contribution is 2.32. The van der Waals surface area contributed by atoms with Crippen LogP contribution in [0.25, 0.3) is 0 Å². The topological polar surface area (TPSA) is 37.3 Å². The number of hydrogen-bond donors (Lipinski definition) is 1. The molecular formula is C11H12BrClO2. The van der Waals surface area contributed by atoms with E-state index in [0.29, 0.717) is 15.9 Å². The van der Waals surface area contributed by atoms with E-state index in [1.165, 1.54) is 6.07 Å². The monoisotopic (exact) mass is 290 g/mol. The van der Waals surface area contributed by atoms with Crippen LogP contribution in [-0.2, 0) is 0 Å². The lowest BCUT2D eigenvalue weighted by atomic mass is 10.0. The third kappa shape index (κ3) is 3.21. The number of ketones is 1. The minimum Gasteiger partial charge on any atom is -0.506 e. The molecular weight excluding hydrogens is 279 g/mol. The minimum atomic E-state index is -0.0919. The fourth-order valence-corrected chi connectivity index (χ4v) is 2.07. The summed E-state index contributed by atoms with van der Waals surface area (Å²) < 4.78 is 0.446. The molecule has 82 valence electrons. The molecule has 2 nitrogen and oxygen atoms in total. The number of halogens is 2. The van der Waals surface area contributed by atoms with Crippen LogP contribution in [0.4, 0.5) is 0 Å². The first-order valence-corrected chi connectivity index (χ1v) is 5.80. The van der Waals surface area contributed by atoms with Gasteiger partial charge in [0.25, 0.3) is 0 Å². The summed E-state index contributed by atoms with van der Waals surface area (Å²) in [6, 6.07) is 3.05. The molecule has 0 bridgehead atoms. The molecule has 0 radical (unpaired) electrons. The number of benzene rings is 1.